The Morgan fingerprint density at radius 1 is 1.32 bits per heavy atom. The van der Waals surface area contributed by atoms with Crippen LogP contribution in [0.3, 0.4) is 0 Å². The molecule has 1 aliphatic heterocycles. The highest BCUT2D eigenvalue weighted by Crippen LogP contribution is 2.22. The van der Waals surface area contributed by atoms with Crippen molar-refractivity contribution >= 4 is 29.4 Å². The van der Waals surface area contributed by atoms with Gasteiger partial charge in [0.25, 0.3) is 17.4 Å². The number of aliphatic carboxylic acids is 1. The van der Waals surface area contributed by atoms with Gasteiger partial charge in [-0.15, -0.1) is 6.58 Å². The van der Waals surface area contributed by atoms with E-state index < -0.39 is 11.9 Å². The van der Waals surface area contributed by atoms with Crippen LogP contribution in [0.5, 0.6) is 0 Å². The Hall–Kier alpha value is -3.97. The number of carbonyl (C=O) groups is 2. The average molecular weight is 467 g/mol. The molecule has 34 heavy (non-hydrogen) atoms. The fourth-order valence-corrected chi connectivity index (χ4v) is 3.50. The summed E-state index contributed by atoms with van der Waals surface area (Å²) in [6, 6.07) is 5.58. The van der Waals surface area contributed by atoms with E-state index in [1.165, 1.54) is 16.6 Å². The number of aryl methyl sites for hydroxylation is 1. The summed E-state index contributed by atoms with van der Waals surface area (Å²) in [6.45, 7) is 13.0. The molecule has 180 valence electrons. The number of hydrogen-bond donors (Lipinski definition) is 2. The van der Waals surface area contributed by atoms with E-state index in [1.807, 2.05) is 19.1 Å². The van der Waals surface area contributed by atoms with Gasteiger partial charge in [-0.25, -0.2) is 4.98 Å². The van der Waals surface area contributed by atoms with Crippen LogP contribution in [0.15, 0.2) is 41.4 Å². The molecule has 10 nitrogen and oxygen atoms in total. The molecule has 2 N–H and O–H groups in total. The van der Waals surface area contributed by atoms with Crippen LogP contribution in [0.2, 0.25) is 0 Å². The zero-order chi connectivity index (χ0) is 25.3. The van der Waals surface area contributed by atoms with Crippen LogP contribution in [-0.2, 0) is 9.59 Å². The number of nitrogens with zero attached hydrogens (tertiary/aromatic N) is 5. The topological polar surface area (TPSA) is 131 Å². The second-order valence-electron chi connectivity index (χ2n) is 7.65. The van der Waals surface area contributed by atoms with Gasteiger partial charge in [-0.1, -0.05) is 19.1 Å². The van der Waals surface area contributed by atoms with E-state index in [-0.39, 0.29) is 23.2 Å². The Morgan fingerprint density at radius 3 is 2.53 bits per heavy atom. The number of anilines is 1. The molecule has 3 heterocycles. The maximum Gasteiger partial charge on any atom is 0.300 e. The maximum absolute atomic E-state index is 13.3. The molecule has 2 aromatic rings. The van der Waals surface area contributed by atoms with Gasteiger partial charge in [-0.3, -0.25) is 18.8 Å². The van der Waals surface area contributed by atoms with Gasteiger partial charge < -0.3 is 20.2 Å². The van der Waals surface area contributed by atoms with Crippen molar-refractivity contribution in [1.29, 1.82) is 5.26 Å². The van der Waals surface area contributed by atoms with Gasteiger partial charge >= 0.3 is 0 Å². The van der Waals surface area contributed by atoms with Crippen LogP contribution in [0.25, 0.3) is 11.7 Å². The third-order valence-corrected chi connectivity index (χ3v) is 5.24. The molecule has 0 unspecified atom stereocenters. The smallest absolute Gasteiger partial charge is 0.300 e. The number of hydrogen-bond acceptors (Lipinski definition) is 7. The number of aromatic nitrogens is 2. The van der Waals surface area contributed by atoms with Crippen LogP contribution < -0.4 is 15.8 Å². The summed E-state index contributed by atoms with van der Waals surface area (Å²) in [5.41, 5.74) is 1.25. The molecule has 0 radical (unpaired) electrons. The first-order chi connectivity index (χ1) is 16.2. The molecule has 0 spiro atoms. The van der Waals surface area contributed by atoms with Gasteiger partial charge in [0.2, 0.25) is 0 Å². The summed E-state index contributed by atoms with van der Waals surface area (Å²) in [5.74, 6) is -0.873. The summed E-state index contributed by atoms with van der Waals surface area (Å²) in [5, 5.41) is 19.5. The van der Waals surface area contributed by atoms with Gasteiger partial charge in [-0.05, 0) is 31.2 Å². The molecule has 1 amide bonds. The fraction of sp³-hybridized carbons (Fsp3) is 0.375. The van der Waals surface area contributed by atoms with Crippen molar-refractivity contribution in [3.05, 3.63) is 58.0 Å². The van der Waals surface area contributed by atoms with Crippen molar-refractivity contribution in [1.82, 2.24) is 19.6 Å². The maximum atomic E-state index is 13.3. The summed E-state index contributed by atoms with van der Waals surface area (Å²) in [4.78, 5) is 43.8. The highest BCUT2D eigenvalue weighted by Gasteiger charge is 2.23. The number of pyridine rings is 1. The van der Waals surface area contributed by atoms with Crippen molar-refractivity contribution in [2.24, 2.45) is 0 Å². The molecule has 1 saturated heterocycles. The van der Waals surface area contributed by atoms with E-state index in [9.17, 15) is 14.9 Å². The standard InChI is InChI=1S/C22H26N6O2.C2H4O2/c1-4-8-24-21(29)17(15-23)14-18-20(27-12-10-26(5-2)11-13-27)25-19-16(3)7-6-9-28(19)22(18)30;1-2(3)4/h4,6-7,9,14H,1,5,8,10-13H2,2-3H3,(H,24,29);1H3,(H,3,4)/b17-14-;. The number of amides is 1. The molecular formula is C24H30N6O4. The van der Waals surface area contributed by atoms with E-state index in [0.29, 0.717) is 24.6 Å². The summed E-state index contributed by atoms with van der Waals surface area (Å²) in [7, 11) is 0. The monoisotopic (exact) mass is 466 g/mol. The third-order valence-electron chi connectivity index (χ3n) is 5.24. The van der Waals surface area contributed by atoms with Crippen molar-refractivity contribution in [2.75, 3.05) is 44.2 Å². The molecule has 0 saturated carbocycles. The largest absolute Gasteiger partial charge is 0.481 e. The van der Waals surface area contributed by atoms with E-state index in [4.69, 9.17) is 14.9 Å². The van der Waals surface area contributed by atoms with Crippen LogP contribution in [-0.4, -0.2) is 70.5 Å². The molecule has 0 aromatic carbocycles. The predicted octanol–water partition coefficient (Wildman–Crippen LogP) is 1.44. The number of rotatable bonds is 6. The lowest BCUT2D eigenvalue weighted by Crippen LogP contribution is -2.47. The minimum absolute atomic E-state index is 0.142. The van der Waals surface area contributed by atoms with Gasteiger partial charge in [0.1, 0.15) is 23.1 Å². The first-order valence-electron chi connectivity index (χ1n) is 10.9. The van der Waals surface area contributed by atoms with Crippen LogP contribution in [0, 0.1) is 18.3 Å². The van der Waals surface area contributed by atoms with E-state index in [1.54, 1.807) is 12.3 Å². The van der Waals surface area contributed by atoms with E-state index in [0.717, 1.165) is 32.1 Å². The molecule has 2 aromatic heterocycles. The Kier molecular flexibility index (Phi) is 9.52. The van der Waals surface area contributed by atoms with E-state index in [2.05, 4.69) is 28.6 Å². The van der Waals surface area contributed by atoms with Crippen LogP contribution in [0.4, 0.5) is 5.82 Å². The number of carboxylic acids is 1. The molecule has 0 bridgehead atoms. The Morgan fingerprint density at radius 2 is 1.97 bits per heavy atom. The molecule has 3 rings (SSSR count). The van der Waals surface area contributed by atoms with Crippen molar-refractivity contribution in [3.8, 4) is 6.07 Å². The molecule has 0 atom stereocenters. The summed E-state index contributed by atoms with van der Waals surface area (Å²) < 4.78 is 1.46. The lowest BCUT2D eigenvalue weighted by atomic mass is 10.1. The third kappa shape index (κ3) is 6.52. The SMILES string of the molecule is C=CCNC(=O)/C(C#N)=C\c1c(N2CCN(CC)CC2)nc2c(C)cccn2c1=O.CC(=O)O. The van der Waals surface area contributed by atoms with Gasteiger partial charge in [0.05, 0.1) is 5.56 Å². The minimum atomic E-state index is -0.833. The van der Waals surface area contributed by atoms with Crippen molar-refractivity contribution in [2.45, 2.75) is 20.8 Å². The van der Waals surface area contributed by atoms with Gasteiger partial charge in [0.15, 0.2) is 0 Å². The first-order valence-corrected chi connectivity index (χ1v) is 10.9. The second-order valence-corrected chi connectivity index (χ2v) is 7.65. The summed E-state index contributed by atoms with van der Waals surface area (Å²) >= 11 is 0. The average Bonchev–Trinajstić information content (AvgIpc) is 2.82. The predicted molar refractivity (Wildman–Crippen MR) is 131 cm³/mol. The number of nitrogens with one attached hydrogen (secondary N) is 1. The normalized spacial score (nSPS) is 14.1. The highest BCUT2D eigenvalue weighted by atomic mass is 16.4. The molecule has 1 fully saturated rings. The van der Waals surface area contributed by atoms with Crippen LogP contribution in [0.1, 0.15) is 25.0 Å². The van der Waals surface area contributed by atoms with E-state index >= 15 is 0 Å². The van der Waals surface area contributed by atoms with Crippen LogP contribution >= 0.6 is 0 Å². The Balaban J connectivity index is 0.000000945. The Bertz CT molecular complexity index is 1180. The second kappa shape index (κ2) is 12.3. The number of likely N-dealkylation sites (N-methyl/N-ethyl adjacent to an activating group) is 1. The zero-order valence-corrected chi connectivity index (χ0v) is 19.7. The quantitative estimate of drug-likeness (QED) is 0.372. The van der Waals surface area contributed by atoms with Gasteiger partial charge in [0, 0.05) is 45.8 Å². The lowest BCUT2D eigenvalue weighted by Gasteiger charge is -2.35. The number of piperazine rings is 1. The number of fused-ring (bicyclic) bond motifs is 1. The lowest BCUT2D eigenvalue weighted by molar-refractivity contribution is -0.134. The molecule has 1 aliphatic rings. The number of nitriles is 1. The molecule has 10 heteroatoms. The molecule has 0 aliphatic carbocycles. The van der Waals surface area contributed by atoms with Crippen molar-refractivity contribution in [3.63, 3.8) is 0 Å². The fourth-order valence-electron chi connectivity index (χ4n) is 3.50. The number of carboxylic acid groups (broad SMARTS) is 1. The number of carbonyl (C=O) groups excluding carboxylic acids is 1. The minimum Gasteiger partial charge on any atom is -0.481 e. The summed E-state index contributed by atoms with van der Waals surface area (Å²) in [6.07, 6.45) is 4.53. The highest BCUT2D eigenvalue weighted by molar-refractivity contribution is 6.02. The first kappa shape index (κ1) is 26.3. The zero-order valence-electron chi connectivity index (χ0n) is 19.7. The van der Waals surface area contributed by atoms with Gasteiger partial charge in [-0.2, -0.15) is 5.26 Å². The molecular weight excluding hydrogens is 436 g/mol. The van der Waals surface area contributed by atoms with Crippen molar-refractivity contribution < 1.29 is 14.7 Å². The Labute approximate surface area is 198 Å².